The van der Waals surface area contributed by atoms with Gasteiger partial charge in [0, 0.05) is 17.5 Å². The number of benzene rings is 3. The highest BCUT2D eigenvalue weighted by atomic mass is 16.6. The number of hydrogen-bond donors (Lipinski definition) is 1. The number of anilines is 1. The molecule has 0 aliphatic carbocycles. The Kier molecular flexibility index (Phi) is 4.84. The third-order valence-corrected chi connectivity index (χ3v) is 4.11. The Morgan fingerprint density at radius 2 is 1.85 bits per heavy atom. The van der Waals surface area contributed by atoms with Crippen molar-refractivity contribution in [1.82, 2.24) is 0 Å². The van der Waals surface area contributed by atoms with Crippen LogP contribution in [0.25, 0.3) is 10.8 Å². The van der Waals surface area contributed by atoms with Gasteiger partial charge >= 0.3 is 0 Å². The Bertz CT molecular complexity index is 979. The predicted octanol–water partition coefficient (Wildman–Crippen LogP) is 4.46. The van der Waals surface area contributed by atoms with Gasteiger partial charge in [-0.05, 0) is 30.9 Å². The third-order valence-electron chi connectivity index (χ3n) is 4.11. The first-order chi connectivity index (χ1) is 12.5. The number of nitrogens with one attached hydrogen (secondary N) is 1. The van der Waals surface area contributed by atoms with Crippen LogP contribution < -0.4 is 10.1 Å². The number of ether oxygens (including phenoxy) is 1. The second-order valence-corrected chi connectivity index (χ2v) is 5.98. The summed E-state index contributed by atoms with van der Waals surface area (Å²) in [5.74, 6) is 0.239. The number of nitro benzene ring substituents is 1. The fourth-order valence-corrected chi connectivity index (χ4v) is 2.64. The van der Waals surface area contributed by atoms with Gasteiger partial charge in [0.25, 0.3) is 11.6 Å². The van der Waals surface area contributed by atoms with Crippen LogP contribution in [0.15, 0.2) is 60.7 Å². The van der Waals surface area contributed by atoms with Gasteiger partial charge in [0.15, 0.2) is 6.10 Å². The highest BCUT2D eigenvalue weighted by molar-refractivity contribution is 5.95. The molecule has 0 heterocycles. The summed E-state index contributed by atoms with van der Waals surface area (Å²) in [4.78, 5) is 22.9. The molecule has 0 aliphatic rings. The number of nitrogens with zero attached hydrogens (tertiary/aromatic N) is 1. The molecule has 26 heavy (non-hydrogen) atoms. The number of aryl methyl sites for hydroxylation is 1. The Labute approximate surface area is 150 Å². The van der Waals surface area contributed by atoms with E-state index in [1.165, 1.54) is 12.1 Å². The lowest BCUT2D eigenvalue weighted by Gasteiger charge is -2.17. The molecular formula is C20H18N2O4. The van der Waals surface area contributed by atoms with Crippen LogP contribution in [-0.2, 0) is 4.79 Å². The first kappa shape index (κ1) is 17.4. The van der Waals surface area contributed by atoms with Gasteiger partial charge in [-0.2, -0.15) is 0 Å². The molecule has 0 spiro atoms. The van der Waals surface area contributed by atoms with Crippen molar-refractivity contribution in [2.24, 2.45) is 0 Å². The predicted molar refractivity (Wildman–Crippen MR) is 101 cm³/mol. The van der Waals surface area contributed by atoms with Gasteiger partial charge in [0.05, 0.1) is 10.6 Å². The van der Waals surface area contributed by atoms with Crippen molar-refractivity contribution < 1.29 is 14.5 Å². The van der Waals surface area contributed by atoms with E-state index in [0.29, 0.717) is 11.4 Å². The van der Waals surface area contributed by atoms with E-state index in [4.69, 9.17) is 4.74 Å². The summed E-state index contributed by atoms with van der Waals surface area (Å²) in [5.41, 5.74) is 1.06. The molecule has 0 saturated heterocycles. The van der Waals surface area contributed by atoms with Crippen LogP contribution >= 0.6 is 0 Å². The van der Waals surface area contributed by atoms with Gasteiger partial charge in [-0.3, -0.25) is 14.9 Å². The van der Waals surface area contributed by atoms with Crippen molar-refractivity contribution in [2.75, 3.05) is 5.32 Å². The van der Waals surface area contributed by atoms with Gasteiger partial charge in [0.2, 0.25) is 0 Å². The molecule has 1 N–H and O–H groups in total. The molecule has 6 heteroatoms. The van der Waals surface area contributed by atoms with Gasteiger partial charge in [-0.1, -0.05) is 42.5 Å². The van der Waals surface area contributed by atoms with Crippen LogP contribution in [0.1, 0.15) is 12.5 Å². The first-order valence-electron chi connectivity index (χ1n) is 8.16. The van der Waals surface area contributed by atoms with Gasteiger partial charge in [0.1, 0.15) is 5.75 Å². The number of carbonyl (C=O) groups excluding carboxylic acids is 1. The lowest BCUT2D eigenvalue weighted by molar-refractivity contribution is -0.384. The van der Waals surface area contributed by atoms with Crippen LogP contribution in [0.4, 0.5) is 11.4 Å². The zero-order valence-corrected chi connectivity index (χ0v) is 14.4. The number of amides is 1. The summed E-state index contributed by atoms with van der Waals surface area (Å²) in [5, 5.41) is 15.6. The molecule has 1 amide bonds. The van der Waals surface area contributed by atoms with Crippen molar-refractivity contribution in [3.63, 3.8) is 0 Å². The van der Waals surface area contributed by atoms with Crippen molar-refractivity contribution >= 4 is 28.1 Å². The monoisotopic (exact) mass is 350 g/mol. The Morgan fingerprint density at radius 3 is 2.62 bits per heavy atom. The SMILES string of the molecule is Cc1ccc([N+](=O)[O-])cc1NC(=O)[C@@H](C)Oc1cccc2ccccc12. The number of non-ortho nitro benzene ring substituents is 1. The molecule has 0 aliphatic heterocycles. The van der Waals surface area contributed by atoms with Gasteiger partial charge < -0.3 is 10.1 Å². The fourth-order valence-electron chi connectivity index (χ4n) is 2.64. The van der Waals surface area contributed by atoms with Crippen molar-refractivity contribution in [3.8, 4) is 5.75 Å². The Hall–Kier alpha value is -3.41. The van der Waals surface area contributed by atoms with Crippen molar-refractivity contribution in [1.29, 1.82) is 0 Å². The minimum atomic E-state index is -0.764. The largest absolute Gasteiger partial charge is 0.480 e. The number of fused-ring (bicyclic) bond motifs is 1. The zero-order chi connectivity index (χ0) is 18.7. The normalized spacial score (nSPS) is 11.8. The van der Waals surface area contributed by atoms with Crippen molar-refractivity contribution in [2.45, 2.75) is 20.0 Å². The topological polar surface area (TPSA) is 81.5 Å². The van der Waals surface area contributed by atoms with E-state index in [0.717, 1.165) is 16.3 Å². The summed E-state index contributed by atoms with van der Waals surface area (Å²) >= 11 is 0. The summed E-state index contributed by atoms with van der Waals surface area (Å²) in [6, 6.07) is 17.7. The molecule has 0 radical (unpaired) electrons. The molecule has 6 nitrogen and oxygen atoms in total. The summed E-state index contributed by atoms with van der Waals surface area (Å²) < 4.78 is 5.83. The maximum Gasteiger partial charge on any atom is 0.271 e. The summed E-state index contributed by atoms with van der Waals surface area (Å²) in [6.45, 7) is 3.42. The van der Waals surface area contributed by atoms with E-state index < -0.39 is 11.0 Å². The van der Waals surface area contributed by atoms with E-state index >= 15 is 0 Å². The molecule has 132 valence electrons. The lowest BCUT2D eigenvalue weighted by atomic mass is 10.1. The number of hydrogen-bond acceptors (Lipinski definition) is 4. The Balaban J connectivity index is 1.78. The highest BCUT2D eigenvalue weighted by Crippen LogP contribution is 2.27. The highest BCUT2D eigenvalue weighted by Gasteiger charge is 2.18. The molecule has 0 fully saturated rings. The second kappa shape index (κ2) is 7.23. The molecule has 3 rings (SSSR count). The average molecular weight is 350 g/mol. The standard InChI is InChI=1S/C20H18N2O4/c1-13-10-11-16(22(24)25)12-18(13)21-20(23)14(2)26-19-9-5-7-15-6-3-4-8-17(15)19/h3-12,14H,1-2H3,(H,21,23)/t14-/m1/s1. The maximum atomic E-state index is 12.5. The lowest BCUT2D eigenvalue weighted by Crippen LogP contribution is -2.30. The molecule has 1 atom stereocenters. The fraction of sp³-hybridized carbons (Fsp3) is 0.150. The molecule has 0 unspecified atom stereocenters. The van der Waals surface area contributed by atoms with Crippen LogP contribution in [0.5, 0.6) is 5.75 Å². The molecule has 0 saturated carbocycles. The van der Waals surface area contributed by atoms with E-state index in [-0.39, 0.29) is 11.6 Å². The minimum Gasteiger partial charge on any atom is -0.480 e. The van der Waals surface area contributed by atoms with E-state index in [9.17, 15) is 14.9 Å². The van der Waals surface area contributed by atoms with E-state index in [2.05, 4.69) is 5.32 Å². The first-order valence-corrected chi connectivity index (χ1v) is 8.16. The summed E-state index contributed by atoms with van der Waals surface area (Å²) in [6.07, 6.45) is -0.764. The quantitative estimate of drug-likeness (QED) is 0.544. The number of rotatable bonds is 5. The summed E-state index contributed by atoms with van der Waals surface area (Å²) in [7, 11) is 0. The van der Waals surface area contributed by atoms with E-state index in [1.54, 1.807) is 19.9 Å². The number of nitro groups is 1. The maximum absolute atomic E-state index is 12.5. The minimum absolute atomic E-state index is 0.0754. The second-order valence-electron chi connectivity index (χ2n) is 5.98. The van der Waals surface area contributed by atoms with Gasteiger partial charge in [-0.25, -0.2) is 0 Å². The molecule has 3 aromatic carbocycles. The van der Waals surface area contributed by atoms with Crippen molar-refractivity contribution in [3.05, 3.63) is 76.3 Å². The third kappa shape index (κ3) is 3.64. The van der Waals surface area contributed by atoms with Crippen LogP contribution in [0.2, 0.25) is 0 Å². The molecule has 0 bridgehead atoms. The smallest absolute Gasteiger partial charge is 0.271 e. The van der Waals surface area contributed by atoms with Crippen LogP contribution in [0.3, 0.4) is 0 Å². The molecule has 3 aromatic rings. The van der Waals surface area contributed by atoms with E-state index in [1.807, 2.05) is 42.5 Å². The molecular weight excluding hydrogens is 332 g/mol. The van der Waals surface area contributed by atoms with Gasteiger partial charge in [-0.15, -0.1) is 0 Å². The molecule has 0 aromatic heterocycles. The zero-order valence-electron chi connectivity index (χ0n) is 14.4. The van der Waals surface area contributed by atoms with Crippen LogP contribution in [0, 0.1) is 17.0 Å². The number of carbonyl (C=O) groups is 1. The average Bonchev–Trinajstić information content (AvgIpc) is 2.63. The van der Waals surface area contributed by atoms with Crippen LogP contribution in [-0.4, -0.2) is 16.9 Å². The Morgan fingerprint density at radius 1 is 1.12 bits per heavy atom.